The Morgan fingerprint density at radius 2 is 1.74 bits per heavy atom. The van der Waals surface area contributed by atoms with Gasteiger partial charge in [-0.25, -0.2) is 4.39 Å². The van der Waals surface area contributed by atoms with E-state index in [4.69, 9.17) is 0 Å². The molecule has 1 amide bonds. The van der Waals surface area contributed by atoms with E-state index >= 15 is 0 Å². The van der Waals surface area contributed by atoms with Crippen LogP contribution in [0.25, 0.3) is 11.3 Å². The molecule has 0 unspecified atom stereocenters. The van der Waals surface area contributed by atoms with E-state index in [0.717, 1.165) is 12.1 Å². The molecule has 0 aliphatic carbocycles. The average molecular weight is 375 g/mol. The summed E-state index contributed by atoms with van der Waals surface area (Å²) in [6.45, 7) is 0. The molecular weight excluding hydrogens is 362 g/mol. The van der Waals surface area contributed by atoms with Crippen molar-refractivity contribution >= 4 is 11.7 Å². The summed E-state index contributed by atoms with van der Waals surface area (Å²) in [6, 6.07) is 13.5. The largest absolute Gasteiger partial charge is 0.416 e. The molecule has 3 rings (SSSR count). The molecule has 0 saturated carbocycles. The normalized spacial score (nSPS) is 11.3. The van der Waals surface area contributed by atoms with Crippen molar-refractivity contribution in [1.82, 2.24) is 10.2 Å². The van der Waals surface area contributed by atoms with Crippen molar-refractivity contribution < 1.29 is 22.4 Å². The van der Waals surface area contributed by atoms with Crippen LogP contribution in [0.2, 0.25) is 0 Å². The predicted molar refractivity (Wildman–Crippen MR) is 91.2 cm³/mol. The summed E-state index contributed by atoms with van der Waals surface area (Å²) in [7, 11) is 0. The molecule has 1 heterocycles. The summed E-state index contributed by atoms with van der Waals surface area (Å²) < 4.78 is 51.9. The molecule has 0 saturated heterocycles. The topological polar surface area (TPSA) is 54.9 Å². The third-order valence-electron chi connectivity index (χ3n) is 3.70. The van der Waals surface area contributed by atoms with Gasteiger partial charge in [-0.15, -0.1) is 10.2 Å². The van der Waals surface area contributed by atoms with Crippen molar-refractivity contribution in [2.24, 2.45) is 0 Å². The van der Waals surface area contributed by atoms with Gasteiger partial charge in [-0.1, -0.05) is 30.3 Å². The Balaban J connectivity index is 1.67. The van der Waals surface area contributed by atoms with Crippen molar-refractivity contribution in [2.45, 2.75) is 12.6 Å². The summed E-state index contributed by atoms with van der Waals surface area (Å²) in [6.07, 6.45) is -4.72. The molecule has 27 heavy (non-hydrogen) atoms. The quantitative estimate of drug-likeness (QED) is 0.684. The minimum absolute atomic E-state index is 0.118. The summed E-state index contributed by atoms with van der Waals surface area (Å²) in [4.78, 5) is 12.0. The van der Waals surface area contributed by atoms with Crippen LogP contribution in [0.15, 0.2) is 60.7 Å². The number of amides is 1. The highest BCUT2D eigenvalue weighted by atomic mass is 19.4. The first-order valence-corrected chi connectivity index (χ1v) is 7.87. The molecule has 4 nitrogen and oxygen atoms in total. The second-order valence-electron chi connectivity index (χ2n) is 5.71. The van der Waals surface area contributed by atoms with Gasteiger partial charge in [0, 0.05) is 5.56 Å². The zero-order chi connectivity index (χ0) is 19.4. The second-order valence-corrected chi connectivity index (χ2v) is 5.71. The molecular formula is C19H13F4N3O. The monoisotopic (exact) mass is 375 g/mol. The molecule has 0 bridgehead atoms. The molecule has 1 N–H and O–H groups in total. The van der Waals surface area contributed by atoms with Crippen LogP contribution in [0.5, 0.6) is 0 Å². The van der Waals surface area contributed by atoms with E-state index in [1.54, 1.807) is 18.2 Å². The van der Waals surface area contributed by atoms with E-state index in [0.29, 0.717) is 5.69 Å². The number of benzene rings is 2. The lowest BCUT2D eigenvalue weighted by atomic mass is 10.1. The van der Waals surface area contributed by atoms with Crippen LogP contribution in [0.4, 0.5) is 23.4 Å². The van der Waals surface area contributed by atoms with Crippen molar-refractivity contribution in [2.75, 3.05) is 5.32 Å². The first-order valence-electron chi connectivity index (χ1n) is 7.87. The van der Waals surface area contributed by atoms with E-state index in [1.165, 1.54) is 30.3 Å². The van der Waals surface area contributed by atoms with Gasteiger partial charge in [-0.3, -0.25) is 4.79 Å². The number of alkyl halides is 3. The molecule has 1 aromatic heterocycles. The molecule has 2 aromatic carbocycles. The Labute approximate surface area is 151 Å². The molecule has 0 spiro atoms. The Morgan fingerprint density at radius 3 is 2.41 bits per heavy atom. The first kappa shape index (κ1) is 18.5. The fourth-order valence-corrected chi connectivity index (χ4v) is 2.44. The van der Waals surface area contributed by atoms with Gasteiger partial charge in [0.25, 0.3) is 0 Å². The Hall–Kier alpha value is -3.29. The maximum Gasteiger partial charge on any atom is 0.416 e. The van der Waals surface area contributed by atoms with Gasteiger partial charge in [-0.05, 0) is 35.9 Å². The average Bonchev–Trinajstić information content (AvgIpc) is 2.62. The van der Waals surface area contributed by atoms with E-state index in [2.05, 4.69) is 15.5 Å². The van der Waals surface area contributed by atoms with Crippen molar-refractivity contribution in [3.05, 3.63) is 77.6 Å². The number of carbonyl (C=O) groups excluding carboxylic acids is 1. The lowest BCUT2D eigenvalue weighted by molar-refractivity contribution is -0.137. The van der Waals surface area contributed by atoms with E-state index in [9.17, 15) is 22.4 Å². The summed E-state index contributed by atoms with van der Waals surface area (Å²) in [5.41, 5.74) is -0.0316. The lowest BCUT2D eigenvalue weighted by Gasteiger charge is -2.09. The highest BCUT2D eigenvalue weighted by Crippen LogP contribution is 2.29. The first-order chi connectivity index (χ1) is 12.8. The third kappa shape index (κ3) is 4.66. The van der Waals surface area contributed by atoms with Crippen molar-refractivity contribution in [1.29, 1.82) is 0 Å². The van der Waals surface area contributed by atoms with Crippen LogP contribution < -0.4 is 5.32 Å². The molecule has 0 aliphatic rings. The number of hydrogen-bond acceptors (Lipinski definition) is 3. The van der Waals surface area contributed by atoms with Gasteiger partial charge in [-0.2, -0.15) is 13.2 Å². The van der Waals surface area contributed by atoms with E-state index < -0.39 is 23.5 Å². The maximum atomic E-state index is 13.7. The summed E-state index contributed by atoms with van der Waals surface area (Å²) >= 11 is 0. The van der Waals surface area contributed by atoms with Gasteiger partial charge in [0.05, 0.1) is 17.7 Å². The number of hydrogen-bond donors (Lipinski definition) is 1. The zero-order valence-electron chi connectivity index (χ0n) is 13.8. The third-order valence-corrected chi connectivity index (χ3v) is 3.70. The minimum Gasteiger partial charge on any atom is -0.309 e. The smallest absolute Gasteiger partial charge is 0.309 e. The molecule has 8 heteroatoms. The van der Waals surface area contributed by atoms with Crippen LogP contribution in [0, 0.1) is 5.82 Å². The van der Waals surface area contributed by atoms with Crippen molar-refractivity contribution in [3.8, 4) is 11.3 Å². The van der Waals surface area contributed by atoms with Crippen LogP contribution in [0.1, 0.15) is 11.1 Å². The summed E-state index contributed by atoms with van der Waals surface area (Å²) in [5, 5.41) is 10.1. The highest BCUT2D eigenvalue weighted by molar-refractivity contribution is 5.91. The van der Waals surface area contributed by atoms with Gasteiger partial charge in [0.15, 0.2) is 5.82 Å². The summed E-state index contributed by atoms with van der Waals surface area (Å²) in [5.74, 6) is -0.873. The standard InChI is InChI=1S/C19H13F4N3O/c20-15-7-2-1-6-14(15)16-8-9-17(26-25-16)24-18(27)11-12-4-3-5-13(10-12)19(21,22)23/h1-10H,11H2,(H,24,26,27). The van der Waals surface area contributed by atoms with Crippen molar-refractivity contribution in [3.63, 3.8) is 0 Å². The zero-order valence-corrected chi connectivity index (χ0v) is 13.8. The number of nitrogens with zero attached hydrogens (tertiary/aromatic N) is 2. The van der Waals surface area contributed by atoms with E-state index in [-0.39, 0.29) is 23.4 Å². The van der Waals surface area contributed by atoms with E-state index in [1.807, 2.05) is 0 Å². The van der Waals surface area contributed by atoms with Crippen LogP contribution in [-0.2, 0) is 17.4 Å². The SMILES string of the molecule is O=C(Cc1cccc(C(F)(F)F)c1)Nc1ccc(-c2ccccc2F)nn1. The number of nitrogens with one attached hydrogen (secondary N) is 1. The fraction of sp³-hybridized carbons (Fsp3) is 0.105. The molecule has 0 fully saturated rings. The number of anilines is 1. The highest BCUT2D eigenvalue weighted by Gasteiger charge is 2.30. The molecule has 0 aliphatic heterocycles. The van der Waals surface area contributed by atoms with Gasteiger partial charge in [0.2, 0.25) is 5.91 Å². The minimum atomic E-state index is -4.47. The number of rotatable bonds is 4. The predicted octanol–water partition coefficient (Wildman–Crippen LogP) is 4.48. The lowest BCUT2D eigenvalue weighted by Crippen LogP contribution is -2.16. The van der Waals surface area contributed by atoms with Gasteiger partial charge < -0.3 is 5.32 Å². The molecule has 138 valence electrons. The van der Waals surface area contributed by atoms with Crippen LogP contribution >= 0.6 is 0 Å². The number of halogens is 4. The molecule has 3 aromatic rings. The van der Waals surface area contributed by atoms with Gasteiger partial charge >= 0.3 is 6.18 Å². The van der Waals surface area contributed by atoms with Crippen LogP contribution in [-0.4, -0.2) is 16.1 Å². The maximum absolute atomic E-state index is 13.7. The Bertz CT molecular complexity index is 956. The second kappa shape index (κ2) is 7.53. The Morgan fingerprint density at radius 1 is 0.963 bits per heavy atom. The van der Waals surface area contributed by atoms with Gasteiger partial charge in [0.1, 0.15) is 5.82 Å². The molecule has 0 radical (unpaired) electrons. The van der Waals surface area contributed by atoms with Crippen LogP contribution in [0.3, 0.4) is 0 Å². The number of carbonyl (C=O) groups is 1. The fourth-order valence-electron chi connectivity index (χ4n) is 2.44. The molecule has 0 atom stereocenters. The Kier molecular flexibility index (Phi) is 5.16. The number of aromatic nitrogens is 2.